The van der Waals surface area contributed by atoms with Crippen molar-refractivity contribution in [2.24, 2.45) is 0 Å². The summed E-state index contributed by atoms with van der Waals surface area (Å²) in [4.78, 5) is 9.01. The number of H-pyrrole nitrogens is 1. The van der Waals surface area contributed by atoms with Gasteiger partial charge in [0.1, 0.15) is 17.4 Å². The summed E-state index contributed by atoms with van der Waals surface area (Å²) in [6, 6.07) is 11.9. The minimum atomic E-state index is 0.621. The molecule has 0 spiro atoms. The van der Waals surface area contributed by atoms with E-state index in [9.17, 15) is 0 Å². The van der Waals surface area contributed by atoms with E-state index in [1.807, 2.05) is 18.2 Å². The topological polar surface area (TPSA) is 52.5 Å². The third-order valence-corrected chi connectivity index (χ3v) is 3.48. The zero-order valence-electron chi connectivity index (χ0n) is 8.97. The van der Waals surface area contributed by atoms with E-state index in [-0.39, 0.29) is 0 Å². The number of aromatic nitrogens is 2. The maximum Gasteiger partial charge on any atom is 0.112 e. The summed E-state index contributed by atoms with van der Waals surface area (Å²) >= 11 is 1.71. The fourth-order valence-electron chi connectivity index (χ4n) is 1.84. The lowest BCUT2D eigenvalue weighted by Gasteiger charge is -1.90. The van der Waals surface area contributed by atoms with Gasteiger partial charge < -0.3 is 4.98 Å². The molecule has 0 aliphatic heterocycles. The summed E-state index contributed by atoms with van der Waals surface area (Å²) in [5.41, 5.74) is 2.31. The molecular formula is C13H9N3S. The predicted molar refractivity (Wildman–Crippen MR) is 67.9 cm³/mol. The number of hydrogen-bond acceptors (Lipinski definition) is 3. The summed E-state index contributed by atoms with van der Waals surface area (Å²) < 4.78 is 0. The van der Waals surface area contributed by atoms with E-state index in [1.54, 1.807) is 17.4 Å². The first kappa shape index (κ1) is 10.1. The second-order valence-corrected chi connectivity index (χ2v) is 4.79. The van der Waals surface area contributed by atoms with Crippen molar-refractivity contribution in [1.29, 1.82) is 5.26 Å². The molecule has 2 heterocycles. The van der Waals surface area contributed by atoms with E-state index in [1.165, 1.54) is 4.88 Å². The molecule has 82 valence electrons. The first-order valence-electron chi connectivity index (χ1n) is 5.27. The van der Waals surface area contributed by atoms with Crippen LogP contribution in [-0.2, 0) is 6.42 Å². The van der Waals surface area contributed by atoms with Gasteiger partial charge in [0.25, 0.3) is 0 Å². The SMILES string of the molecule is N#Cc1cccc2[nH]c(Cc3cccs3)nc12. The van der Waals surface area contributed by atoms with Crippen molar-refractivity contribution in [3.05, 3.63) is 52.0 Å². The molecule has 0 aliphatic rings. The number of nitriles is 1. The lowest BCUT2D eigenvalue weighted by molar-refractivity contribution is 1.06. The van der Waals surface area contributed by atoms with Gasteiger partial charge in [-0.1, -0.05) is 12.1 Å². The van der Waals surface area contributed by atoms with Crippen molar-refractivity contribution in [3.63, 3.8) is 0 Å². The van der Waals surface area contributed by atoms with Crippen LogP contribution in [0, 0.1) is 11.3 Å². The highest BCUT2D eigenvalue weighted by Gasteiger charge is 2.07. The normalized spacial score (nSPS) is 10.5. The lowest BCUT2D eigenvalue weighted by atomic mass is 10.2. The van der Waals surface area contributed by atoms with Gasteiger partial charge in [0, 0.05) is 11.3 Å². The van der Waals surface area contributed by atoms with Crippen molar-refractivity contribution >= 4 is 22.4 Å². The molecule has 17 heavy (non-hydrogen) atoms. The van der Waals surface area contributed by atoms with Crippen LogP contribution in [0.4, 0.5) is 0 Å². The summed E-state index contributed by atoms with van der Waals surface area (Å²) in [6.07, 6.45) is 0.789. The van der Waals surface area contributed by atoms with Crippen LogP contribution in [0.5, 0.6) is 0 Å². The monoisotopic (exact) mass is 239 g/mol. The van der Waals surface area contributed by atoms with E-state index in [0.29, 0.717) is 5.56 Å². The predicted octanol–water partition coefficient (Wildman–Crippen LogP) is 3.09. The number of aromatic amines is 1. The van der Waals surface area contributed by atoms with E-state index >= 15 is 0 Å². The van der Waals surface area contributed by atoms with E-state index in [4.69, 9.17) is 5.26 Å². The molecule has 0 radical (unpaired) electrons. The van der Waals surface area contributed by atoms with Crippen LogP contribution in [0.2, 0.25) is 0 Å². The molecule has 1 aromatic carbocycles. The molecule has 0 amide bonds. The Morgan fingerprint density at radius 2 is 2.24 bits per heavy atom. The van der Waals surface area contributed by atoms with Crippen LogP contribution in [0.25, 0.3) is 11.0 Å². The van der Waals surface area contributed by atoms with Crippen molar-refractivity contribution in [3.8, 4) is 6.07 Å². The number of imidazole rings is 1. The molecule has 4 heteroatoms. The molecular weight excluding hydrogens is 230 g/mol. The number of nitrogens with zero attached hydrogens (tertiary/aromatic N) is 2. The summed E-state index contributed by atoms with van der Waals surface area (Å²) in [7, 11) is 0. The van der Waals surface area contributed by atoms with Crippen LogP contribution < -0.4 is 0 Å². The van der Waals surface area contributed by atoms with Crippen molar-refractivity contribution < 1.29 is 0 Å². The largest absolute Gasteiger partial charge is 0.342 e. The highest BCUT2D eigenvalue weighted by molar-refractivity contribution is 7.09. The number of rotatable bonds is 2. The number of fused-ring (bicyclic) bond motifs is 1. The maximum atomic E-state index is 9.00. The Morgan fingerprint density at radius 1 is 1.29 bits per heavy atom. The second-order valence-electron chi connectivity index (χ2n) is 3.75. The van der Waals surface area contributed by atoms with E-state index in [2.05, 4.69) is 27.5 Å². The molecule has 0 aliphatic carbocycles. The van der Waals surface area contributed by atoms with Gasteiger partial charge in [0.05, 0.1) is 11.1 Å². The second kappa shape index (κ2) is 4.04. The van der Waals surface area contributed by atoms with Crippen LogP contribution in [0.1, 0.15) is 16.3 Å². The molecule has 2 aromatic heterocycles. The van der Waals surface area contributed by atoms with E-state index < -0.39 is 0 Å². The van der Waals surface area contributed by atoms with Crippen molar-refractivity contribution in [2.45, 2.75) is 6.42 Å². The molecule has 0 atom stereocenters. The van der Waals surface area contributed by atoms with Crippen LogP contribution >= 0.6 is 11.3 Å². The molecule has 3 aromatic rings. The first-order chi connectivity index (χ1) is 8.36. The minimum Gasteiger partial charge on any atom is -0.342 e. The van der Waals surface area contributed by atoms with Crippen LogP contribution in [0.3, 0.4) is 0 Å². The standard InChI is InChI=1S/C13H9N3S/c14-8-9-3-1-5-11-13(9)16-12(15-11)7-10-4-2-6-17-10/h1-6H,7H2,(H,15,16). The van der Waals surface area contributed by atoms with Gasteiger partial charge in [-0.15, -0.1) is 11.3 Å². The van der Waals surface area contributed by atoms with Crippen LogP contribution in [-0.4, -0.2) is 9.97 Å². The third kappa shape index (κ3) is 1.81. The zero-order valence-corrected chi connectivity index (χ0v) is 9.79. The summed E-state index contributed by atoms with van der Waals surface area (Å²) in [5, 5.41) is 11.1. The Labute approximate surface area is 102 Å². The Balaban J connectivity index is 2.05. The molecule has 3 nitrogen and oxygen atoms in total. The highest BCUT2D eigenvalue weighted by Crippen LogP contribution is 2.18. The fraction of sp³-hybridized carbons (Fsp3) is 0.0769. The number of thiophene rings is 1. The molecule has 1 N–H and O–H groups in total. The van der Waals surface area contributed by atoms with Gasteiger partial charge in [-0.2, -0.15) is 5.26 Å². The first-order valence-corrected chi connectivity index (χ1v) is 6.15. The molecule has 0 bridgehead atoms. The molecule has 3 rings (SSSR count). The van der Waals surface area contributed by atoms with Gasteiger partial charge in [0.2, 0.25) is 0 Å². The van der Waals surface area contributed by atoms with Gasteiger partial charge in [-0.25, -0.2) is 4.98 Å². The van der Waals surface area contributed by atoms with Crippen LogP contribution in [0.15, 0.2) is 35.7 Å². The Morgan fingerprint density at radius 3 is 3.00 bits per heavy atom. The average Bonchev–Trinajstić information content (AvgIpc) is 2.97. The number of benzene rings is 1. The van der Waals surface area contributed by atoms with Gasteiger partial charge in [0.15, 0.2) is 0 Å². The Hall–Kier alpha value is -2.12. The quantitative estimate of drug-likeness (QED) is 0.747. The van der Waals surface area contributed by atoms with E-state index in [0.717, 1.165) is 23.3 Å². The summed E-state index contributed by atoms with van der Waals surface area (Å²) in [5.74, 6) is 0.908. The summed E-state index contributed by atoms with van der Waals surface area (Å²) in [6.45, 7) is 0. The van der Waals surface area contributed by atoms with Crippen molar-refractivity contribution in [1.82, 2.24) is 9.97 Å². The third-order valence-electron chi connectivity index (χ3n) is 2.60. The molecule has 0 saturated carbocycles. The maximum absolute atomic E-state index is 9.00. The smallest absolute Gasteiger partial charge is 0.112 e. The lowest BCUT2D eigenvalue weighted by Crippen LogP contribution is -1.86. The van der Waals surface area contributed by atoms with Crippen molar-refractivity contribution in [2.75, 3.05) is 0 Å². The van der Waals surface area contributed by atoms with Gasteiger partial charge in [-0.3, -0.25) is 0 Å². The Bertz CT molecular complexity index is 689. The highest BCUT2D eigenvalue weighted by atomic mass is 32.1. The molecule has 0 unspecified atom stereocenters. The zero-order chi connectivity index (χ0) is 11.7. The number of para-hydroxylation sites is 1. The number of hydrogen-bond donors (Lipinski definition) is 1. The molecule has 0 saturated heterocycles. The fourth-order valence-corrected chi connectivity index (χ4v) is 2.54. The minimum absolute atomic E-state index is 0.621. The van der Waals surface area contributed by atoms with Gasteiger partial charge >= 0.3 is 0 Å². The van der Waals surface area contributed by atoms with Gasteiger partial charge in [-0.05, 0) is 23.6 Å². The average molecular weight is 239 g/mol. The Kier molecular flexibility index (Phi) is 2.39. The number of nitrogens with one attached hydrogen (secondary N) is 1. The molecule has 0 fully saturated rings.